The third kappa shape index (κ3) is 2.13. The van der Waals surface area contributed by atoms with Crippen molar-refractivity contribution in [2.75, 3.05) is 0 Å². The quantitative estimate of drug-likeness (QED) is 0.831. The number of nitrogens with zero attached hydrogens (tertiary/aromatic N) is 1. The van der Waals surface area contributed by atoms with Gasteiger partial charge >= 0.3 is 0 Å². The Kier molecular flexibility index (Phi) is 3.17. The normalized spacial score (nSPS) is 10.9. The van der Waals surface area contributed by atoms with Crippen LogP contribution in [0.15, 0.2) is 58.3 Å². The molecule has 4 heteroatoms. The van der Waals surface area contributed by atoms with Crippen molar-refractivity contribution in [2.24, 2.45) is 0 Å². The van der Waals surface area contributed by atoms with Crippen molar-refractivity contribution in [1.29, 1.82) is 5.26 Å². The number of hydrogen-bond donors (Lipinski definition) is 0. The first-order valence-corrected chi connectivity index (χ1v) is 6.85. The van der Waals surface area contributed by atoms with E-state index in [1.54, 1.807) is 36.4 Å². The summed E-state index contributed by atoms with van der Waals surface area (Å²) < 4.78 is 24.7. The molecule has 2 aromatic carbocycles. The molecule has 0 aromatic heterocycles. The van der Waals surface area contributed by atoms with Crippen LogP contribution in [0.3, 0.4) is 0 Å². The van der Waals surface area contributed by atoms with Crippen molar-refractivity contribution < 1.29 is 8.42 Å². The highest BCUT2D eigenvalue weighted by atomic mass is 32.2. The zero-order chi connectivity index (χ0) is 13.2. The summed E-state index contributed by atoms with van der Waals surface area (Å²) in [6.45, 7) is 1.89. The molecule has 0 atom stereocenters. The van der Waals surface area contributed by atoms with Gasteiger partial charge in [-0.3, -0.25) is 0 Å². The largest absolute Gasteiger partial charge is 0.218 e. The second-order valence-corrected chi connectivity index (χ2v) is 5.84. The van der Waals surface area contributed by atoms with Crippen molar-refractivity contribution in [1.82, 2.24) is 0 Å². The van der Waals surface area contributed by atoms with Gasteiger partial charge in [0.25, 0.3) is 0 Å². The maximum Gasteiger partial charge on any atom is 0.207 e. The average Bonchev–Trinajstić information content (AvgIpc) is 2.39. The fraction of sp³-hybridized carbons (Fsp3) is 0.0714. The molecule has 0 fully saturated rings. The van der Waals surface area contributed by atoms with Crippen LogP contribution < -0.4 is 0 Å². The highest BCUT2D eigenvalue weighted by Gasteiger charge is 2.20. The monoisotopic (exact) mass is 257 g/mol. The lowest BCUT2D eigenvalue weighted by molar-refractivity contribution is 0.596. The highest BCUT2D eigenvalue weighted by Crippen LogP contribution is 2.23. The van der Waals surface area contributed by atoms with Crippen LogP contribution in [0, 0.1) is 18.3 Å². The molecule has 0 aliphatic heterocycles. The summed E-state index contributed by atoms with van der Waals surface area (Å²) in [6.07, 6.45) is 0. The minimum Gasteiger partial charge on any atom is -0.218 e. The van der Waals surface area contributed by atoms with Crippen molar-refractivity contribution in [3.63, 3.8) is 0 Å². The van der Waals surface area contributed by atoms with Gasteiger partial charge < -0.3 is 0 Å². The molecule has 3 nitrogen and oxygen atoms in total. The molecule has 0 unspecified atom stereocenters. The molecule has 0 heterocycles. The maximum absolute atomic E-state index is 12.4. The van der Waals surface area contributed by atoms with Gasteiger partial charge in [-0.15, -0.1) is 0 Å². The van der Waals surface area contributed by atoms with E-state index in [4.69, 9.17) is 5.26 Å². The van der Waals surface area contributed by atoms with E-state index in [0.717, 1.165) is 5.56 Å². The van der Waals surface area contributed by atoms with Crippen LogP contribution in [0.1, 0.15) is 11.1 Å². The van der Waals surface area contributed by atoms with Crippen molar-refractivity contribution in [3.8, 4) is 6.07 Å². The van der Waals surface area contributed by atoms with Gasteiger partial charge in [0.05, 0.1) is 15.4 Å². The summed E-state index contributed by atoms with van der Waals surface area (Å²) in [7, 11) is -3.62. The van der Waals surface area contributed by atoms with E-state index in [2.05, 4.69) is 0 Å². The lowest BCUT2D eigenvalue weighted by Crippen LogP contribution is -2.04. The minimum absolute atomic E-state index is 0.0522. The van der Waals surface area contributed by atoms with E-state index < -0.39 is 9.84 Å². The number of aryl methyl sites for hydroxylation is 1. The molecule has 0 bridgehead atoms. The van der Waals surface area contributed by atoms with E-state index in [9.17, 15) is 8.42 Å². The average molecular weight is 257 g/mol. The zero-order valence-electron chi connectivity index (χ0n) is 9.79. The smallest absolute Gasteiger partial charge is 0.207 e. The van der Waals surface area contributed by atoms with Crippen LogP contribution in [-0.2, 0) is 9.84 Å². The molecule has 18 heavy (non-hydrogen) atoms. The SMILES string of the molecule is Cc1ccc(S(=O)(=O)c2ccccc2C#N)cc1. The Morgan fingerprint density at radius 3 is 2.22 bits per heavy atom. The summed E-state index contributed by atoms with van der Waals surface area (Å²) in [5.74, 6) is 0. The van der Waals surface area contributed by atoms with E-state index in [-0.39, 0.29) is 15.4 Å². The maximum atomic E-state index is 12.4. The predicted octanol–water partition coefficient (Wildman–Crippen LogP) is 2.70. The third-order valence-corrected chi connectivity index (χ3v) is 4.46. The lowest BCUT2D eigenvalue weighted by atomic mass is 10.2. The van der Waals surface area contributed by atoms with E-state index in [0.29, 0.717) is 0 Å². The molecule has 0 aliphatic carbocycles. The second kappa shape index (κ2) is 4.63. The first kappa shape index (κ1) is 12.3. The van der Waals surface area contributed by atoms with Crippen LogP contribution in [-0.4, -0.2) is 8.42 Å². The fourth-order valence-corrected chi connectivity index (χ4v) is 3.05. The summed E-state index contributed by atoms with van der Waals surface area (Å²) in [5, 5.41) is 8.96. The standard InChI is InChI=1S/C14H11NO2S/c1-11-6-8-13(9-7-11)18(16,17)14-5-3-2-4-12(14)10-15/h2-9H,1H3. The van der Waals surface area contributed by atoms with Crippen LogP contribution >= 0.6 is 0 Å². The van der Waals surface area contributed by atoms with Crippen LogP contribution in [0.25, 0.3) is 0 Å². The van der Waals surface area contributed by atoms with Gasteiger partial charge in [-0.25, -0.2) is 8.42 Å². The van der Waals surface area contributed by atoms with E-state index in [1.165, 1.54) is 12.1 Å². The Labute approximate surface area is 106 Å². The summed E-state index contributed by atoms with van der Waals surface area (Å²) in [6, 6.07) is 14.7. The number of hydrogen-bond acceptors (Lipinski definition) is 3. The molecule has 2 rings (SSSR count). The molecular weight excluding hydrogens is 246 g/mol. The number of nitriles is 1. The molecule has 0 spiro atoms. The Morgan fingerprint density at radius 2 is 1.61 bits per heavy atom. The number of rotatable bonds is 2. The fourth-order valence-electron chi connectivity index (χ4n) is 1.64. The molecule has 90 valence electrons. The second-order valence-electron chi connectivity index (χ2n) is 3.92. The lowest BCUT2D eigenvalue weighted by Gasteiger charge is -2.06. The van der Waals surface area contributed by atoms with E-state index in [1.807, 2.05) is 13.0 Å². The molecule has 0 radical (unpaired) electrons. The molecular formula is C14H11NO2S. The summed E-state index contributed by atoms with van der Waals surface area (Å²) in [5.41, 5.74) is 1.15. The Hall–Kier alpha value is -2.12. The van der Waals surface area contributed by atoms with Gasteiger partial charge in [-0.05, 0) is 31.2 Å². The first-order chi connectivity index (χ1) is 8.55. The predicted molar refractivity (Wildman–Crippen MR) is 67.8 cm³/mol. The molecule has 0 amide bonds. The van der Waals surface area contributed by atoms with E-state index >= 15 is 0 Å². The van der Waals surface area contributed by atoms with Crippen LogP contribution in [0.4, 0.5) is 0 Å². The van der Waals surface area contributed by atoms with Crippen LogP contribution in [0.2, 0.25) is 0 Å². The number of benzene rings is 2. The van der Waals surface area contributed by atoms with Gasteiger partial charge in [-0.1, -0.05) is 29.8 Å². The zero-order valence-corrected chi connectivity index (χ0v) is 10.6. The van der Waals surface area contributed by atoms with Gasteiger partial charge in [0.1, 0.15) is 6.07 Å². The van der Waals surface area contributed by atoms with Crippen molar-refractivity contribution >= 4 is 9.84 Å². The Morgan fingerprint density at radius 1 is 1.00 bits per heavy atom. The van der Waals surface area contributed by atoms with Crippen molar-refractivity contribution in [3.05, 3.63) is 59.7 Å². The van der Waals surface area contributed by atoms with Crippen molar-refractivity contribution in [2.45, 2.75) is 16.7 Å². The summed E-state index contributed by atoms with van der Waals surface area (Å²) >= 11 is 0. The molecule has 2 aromatic rings. The Balaban J connectivity index is 2.63. The summed E-state index contributed by atoms with van der Waals surface area (Å²) in [4.78, 5) is 0.257. The topological polar surface area (TPSA) is 57.9 Å². The molecule has 0 aliphatic rings. The van der Waals surface area contributed by atoms with Crippen LogP contribution in [0.5, 0.6) is 0 Å². The first-order valence-electron chi connectivity index (χ1n) is 5.36. The third-order valence-electron chi connectivity index (χ3n) is 2.63. The number of sulfone groups is 1. The van der Waals surface area contributed by atoms with Gasteiger partial charge in [0.15, 0.2) is 0 Å². The molecule has 0 saturated heterocycles. The van der Waals surface area contributed by atoms with Gasteiger partial charge in [0.2, 0.25) is 9.84 Å². The minimum atomic E-state index is -3.62. The van der Waals surface area contributed by atoms with Gasteiger partial charge in [-0.2, -0.15) is 5.26 Å². The van der Waals surface area contributed by atoms with Gasteiger partial charge in [0, 0.05) is 0 Å². The highest BCUT2D eigenvalue weighted by molar-refractivity contribution is 7.91. The Bertz CT molecular complexity index is 710. The molecule has 0 N–H and O–H groups in total. The molecule has 0 saturated carbocycles.